The highest BCUT2D eigenvalue weighted by molar-refractivity contribution is 5.14. The summed E-state index contributed by atoms with van der Waals surface area (Å²) in [6, 6.07) is 0. The minimum Gasteiger partial charge on any atom is -0.330 e. The average molecular weight is 210 g/mol. The van der Waals surface area contributed by atoms with Crippen LogP contribution in [0.25, 0.3) is 0 Å². The standard InChI is InChI=1S/C11H22N4/c1-4-5-8-15-11(9(2)3)10(6-7-12)13-14-15/h9H,4-8,12H2,1-3H3. The predicted molar refractivity (Wildman–Crippen MR) is 61.8 cm³/mol. The van der Waals surface area contributed by atoms with E-state index >= 15 is 0 Å². The van der Waals surface area contributed by atoms with Crippen LogP contribution in [0.2, 0.25) is 0 Å². The van der Waals surface area contributed by atoms with Gasteiger partial charge in [0.15, 0.2) is 0 Å². The summed E-state index contributed by atoms with van der Waals surface area (Å²) in [5.74, 6) is 0.471. The number of nitrogens with two attached hydrogens (primary N) is 1. The molecule has 0 aliphatic carbocycles. The molecule has 4 nitrogen and oxygen atoms in total. The molecular weight excluding hydrogens is 188 g/mol. The highest BCUT2D eigenvalue weighted by Gasteiger charge is 2.14. The smallest absolute Gasteiger partial charge is 0.0874 e. The number of unbranched alkanes of at least 4 members (excludes halogenated alkanes) is 1. The molecule has 0 amide bonds. The predicted octanol–water partition coefficient (Wildman–Crippen LogP) is 1.70. The number of aryl methyl sites for hydroxylation is 1. The fourth-order valence-corrected chi connectivity index (χ4v) is 1.78. The first-order valence-electron chi connectivity index (χ1n) is 5.83. The molecule has 0 saturated heterocycles. The maximum Gasteiger partial charge on any atom is 0.0874 e. The van der Waals surface area contributed by atoms with Crippen molar-refractivity contribution in [1.82, 2.24) is 15.0 Å². The molecule has 0 aliphatic rings. The third kappa shape index (κ3) is 3.02. The summed E-state index contributed by atoms with van der Waals surface area (Å²) in [7, 11) is 0. The molecule has 86 valence electrons. The molecule has 0 atom stereocenters. The molecule has 0 aromatic carbocycles. The summed E-state index contributed by atoms with van der Waals surface area (Å²) in [5.41, 5.74) is 7.89. The van der Waals surface area contributed by atoms with Gasteiger partial charge in [0.25, 0.3) is 0 Å². The van der Waals surface area contributed by atoms with Crippen LogP contribution in [0, 0.1) is 0 Å². The van der Waals surface area contributed by atoms with Gasteiger partial charge in [0, 0.05) is 13.0 Å². The van der Waals surface area contributed by atoms with Gasteiger partial charge in [-0.25, -0.2) is 4.68 Å². The number of hydrogen-bond acceptors (Lipinski definition) is 3. The third-order valence-corrected chi connectivity index (χ3v) is 2.50. The molecule has 15 heavy (non-hydrogen) atoms. The first-order valence-corrected chi connectivity index (χ1v) is 5.83. The van der Waals surface area contributed by atoms with E-state index in [-0.39, 0.29) is 0 Å². The molecular formula is C11H22N4. The zero-order chi connectivity index (χ0) is 11.3. The van der Waals surface area contributed by atoms with E-state index in [1.807, 2.05) is 4.68 Å². The highest BCUT2D eigenvalue weighted by Crippen LogP contribution is 2.18. The molecule has 0 fully saturated rings. The van der Waals surface area contributed by atoms with Crippen molar-refractivity contribution in [2.24, 2.45) is 5.73 Å². The van der Waals surface area contributed by atoms with E-state index in [1.54, 1.807) is 0 Å². The Bertz CT molecular complexity index is 291. The molecule has 4 heteroatoms. The van der Waals surface area contributed by atoms with Crippen molar-refractivity contribution in [3.8, 4) is 0 Å². The third-order valence-electron chi connectivity index (χ3n) is 2.50. The van der Waals surface area contributed by atoms with E-state index in [0.29, 0.717) is 12.5 Å². The quantitative estimate of drug-likeness (QED) is 0.777. The summed E-state index contributed by atoms with van der Waals surface area (Å²) >= 11 is 0. The monoisotopic (exact) mass is 210 g/mol. The summed E-state index contributed by atoms with van der Waals surface area (Å²) < 4.78 is 2.04. The maximum atomic E-state index is 5.56. The minimum absolute atomic E-state index is 0.471. The van der Waals surface area contributed by atoms with Gasteiger partial charge in [-0.15, -0.1) is 5.10 Å². The van der Waals surface area contributed by atoms with Gasteiger partial charge in [0.1, 0.15) is 0 Å². The Morgan fingerprint density at radius 1 is 1.40 bits per heavy atom. The van der Waals surface area contributed by atoms with Crippen molar-refractivity contribution in [2.45, 2.75) is 52.5 Å². The molecule has 2 N–H and O–H groups in total. The van der Waals surface area contributed by atoms with Gasteiger partial charge in [-0.05, 0) is 18.9 Å². The van der Waals surface area contributed by atoms with E-state index in [1.165, 1.54) is 12.1 Å². The second-order valence-electron chi connectivity index (χ2n) is 4.19. The van der Waals surface area contributed by atoms with Crippen LogP contribution in [0.15, 0.2) is 0 Å². The Balaban J connectivity index is 2.85. The Morgan fingerprint density at radius 2 is 2.13 bits per heavy atom. The van der Waals surface area contributed by atoms with Crippen molar-refractivity contribution in [1.29, 1.82) is 0 Å². The van der Waals surface area contributed by atoms with Crippen LogP contribution in [0.5, 0.6) is 0 Å². The summed E-state index contributed by atoms with van der Waals surface area (Å²) in [5, 5.41) is 8.42. The largest absolute Gasteiger partial charge is 0.330 e. The maximum absolute atomic E-state index is 5.56. The second-order valence-corrected chi connectivity index (χ2v) is 4.19. The van der Waals surface area contributed by atoms with Gasteiger partial charge in [-0.3, -0.25) is 0 Å². The van der Waals surface area contributed by atoms with Crippen LogP contribution in [-0.4, -0.2) is 21.5 Å². The van der Waals surface area contributed by atoms with Crippen molar-refractivity contribution in [3.63, 3.8) is 0 Å². The van der Waals surface area contributed by atoms with Crippen LogP contribution in [-0.2, 0) is 13.0 Å². The topological polar surface area (TPSA) is 56.7 Å². The number of nitrogens with zero attached hydrogens (tertiary/aromatic N) is 3. The van der Waals surface area contributed by atoms with Gasteiger partial charge in [-0.2, -0.15) is 0 Å². The Morgan fingerprint density at radius 3 is 2.67 bits per heavy atom. The Hall–Kier alpha value is -0.900. The van der Waals surface area contributed by atoms with E-state index in [2.05, 4.69) is 31.1 Å². The highest BCUT2D eigenvalue weighted by atomic mass is 15.4. The molecule has 0 bridgehead atoms. The SMILES string of the molecule is CCCCn1nnc(CCN)c1C(C)C. The van der Waals surface area contributed by atoms with E-state index in [0.717, 1.165) is 25.1 Å². The molecule has 1 aromatic rings. The zero-order valence-corrected chi connectivity index (χ0v) is 10.0. The lowest BCUT2D eigenvalue weighted by Crippen LogP contribution is -2.10. The minimum atomic E-state index is 0.471. The molecule has 1 heterocycles. The molecule has 0 radical (unpaired) electrons. The van der Waals surface area contributed by atoms with E-state index in [9.17, 15) is 0 Å². The van der Waals surface area contributed by atoms with Crippen molar-refractivity contribution >= 4 is 0 Å². The van der Waals surface area contributed by atoms with Crippen LogP contribution in [0.1, 0.15) is 50.9 Å². The summed E-state index contributed by atoms with van der Waals surface area (Å²) in [6.07, 6.45) is 3.18. The lowest BCUT2D eigenvalue weighted by atomic mass is 10.1. The summed E-state index contributed by atoms with van der Waals surface area (Å²) in [4.78, 5) is 0. The fourth-order valence-electron chi connectivity index (χ4n) is 1.78. The average Bonchev–Trinajstić information content (AvgIpc) is 2.58. The molecule has 1 rings (SSSR count). The summed E-state index contributed by atoms with van der Waals surface area (Å²) in [6.45, 7) is 8.17. The van der Waals surface area contributed by atoms with Crippen molar-refractivity contribution < 1.29 is 0 Å². The van der Waals surface area contributed by atoms with Crippen molar-refractivity contribution in [2.75, 3.05) is 6.54 Å². The van der Waals surface area contributed by atoms with Crippen LogP contribution >= 0.6 is 0 Å². The van der Waals surface area contributed by atoms with Crippen LogP contribution < -0.4 is 5.73 Å². The number of rotatable bonds is 6. The number of hydrogen-bond donors (Lipinski definition) is 1. The molecule has 0 saturated carbocycles. The molecule has 0 aliphatic heterocycles. The first-order chi connectivity index (χ1) is 7.20. The van der Waals surface area contributed by atoms with Crippen LogP contribution in [0.3, 0.4) is 0 Å². The van der Waals surface area contributed by atoms with Gasteiger partial charge < -0.3 is 5.73 Å². The molecule has 1 aromatic heterocycles. The van der Waals surface area contributed by atoms with Crippen molar-refractivity contribution in [3.05, 3.63) is 11.4 Å². The Kier molecular flexibility index (Phi) is 4.75. The van der Waals surface area contributed by atoms with Gasteiger partial charge in [0.2, 0.25) is 0 Å². The van der Waals surface area contributed by atoms with Gasteiger partial charge in [0.05, 0.1) is 11.4 Å². The van der Waals surface area contributed by atoms with Gasteiger partial charge >= 0.3 is 0 Å². The fraction of sp³-hybridized carbons (Fsp3) is 0.818. The van der Waals surface area contributed by atoms with Crippen LogP contribution in [0.4, 0.5) is 0 Å². The Labute approximate surface area is 91.9 Å². The second kappa shape index (κ2) is 5.85. The normalized spacial score (nSPS) is 11.3. The first kappa shape index (κ1) is 12.2. The number of aromatic nitrogens is 3. The molecule has 0 spiro atoms. The molecule has 0 unspecified atom stereocenters. The van der Waals surface area contributed by atoms with Gasteiger partial charge in [-0.1, -0.05) is 32.4 Å². The van der Waals surface area contributed by atoms with E-state index in [4.69, 9.17) is 5.73 Å². The van der Waals surface area contributed by atoms with E-state index < -0.39 is 0 Å². The lowest BCUT2D eigenvalue weighted by molar-refractivity contribution is 0.521. The zero-order valence-electron chi connectivity index (χ0n) is 10.0. The lowest BCUT2D eigenvalue weighted by Gasteiger charge is -2.10.